The van der Waals surface area contributed by atoms with Crippen LogP contribution in [0.3, 0.4) is 0 Å². The van der Waals surface area contributed by atoms with Crippen molar-refractivity contribution in [3.8, 4) is 0 Å². The van der Waals surface area contributed by atoms with Crippen molar-refractivity contribution in [3.63, 3.8) is 0 Å². The van der Waals surface area contributed by atoms with Crippen LogP contribution in [0.15, 0.2) is 24.3 Å². The second kappa shape index (κ2) is 5.00. The first kappa shape index (κ1) is 13.3. The van der Waals surface area contributed by atoms with Crippen molar-refractivity contribution in [2.45, 2.75) is 19.4 Å². The maximum Gasteiger partial charge on any atom is 0.262 e. The number of carbonyl (C=O) groups excluding carboxylic acids is 2. The van der Waals surface area contributed by atoms with Crippen molar-refractivity contribution in [2.75, 3.05) is 19.8 Å². The lowest BCUT2D eigenvalue weighted by atomic mass is 10.0. The Morgan fingerprint density at radius 1 is 1.25 bits per heavy atom. The smallest absolute Gasteiger partial charge is 0.262 e. The lowest BCUT2D eigenvalue weighted by Gasteiger charge is -2.23. The van der Waals surface area contributed by atoms with Crippen LogP contribution in [0.25, 0.3) is 0 Å². The molecule has 0 aromatic heterocycles. The van der Waals surface area contributed by atoms with Gasteiger partial charge in [0.2, 0.25) is 0 Å². The van der Waals surface area contributed by atoms with Gasteiger partial charge in [0.15, 0.2) is 0 Å². The van der Waals surface area contributed by atoms with Gasteiger partial charge in [0, 0.05) is 19.1 Å². The van der Waals surface area contributed by atoms with Gasteiger partial charge < -0.3 is 5.73 Å². The Morgan fingerprint density at radius 3 is 2.35 bits per heavy atom. The van der Waals surface area contributed by atoms with Crippen molar-refractivity contribution in [3.05, 3.63) is 35.4 Å². The van der Waals surface area contributed by atoms with Gasteiger partial charge in [-0.2, -0.15) is 0 Å². The highest BCUT2D eigenvalue weighted by Crippen LogP contribution is 2.25. The zero-order valence-corrected chi connectivity index (χ0v) is 11.6. The molecule has 2 amide bonds. The Hall–Kier alpha value is -1.72. The maximum atomic E-state index is 12.3. The van der Waals surface area contributed by atoms with E-state index in [4.69, 9.17) is 5.73 Å². The molecular weight excluding hydrogens is 254 g/mol. The van der Waals surface area contributed by atoms with Crippen LogP contribution in [0.2, 0.25) is 0 Å². The van der Waals surface area contributed by atoms with E-state index in [9.17, 15) is 9.59 Å². The standard InChI is InChI=1S/C15H19N3O2/c1-10(16)11-6-7-17(8-11)9-18-14(19)12-4-2-3-5-13(12)15(18)20/h2-5,10-11H,6-9,16H2,1H3. The van der Waals surface area contributed by atoms with Gasteiger partial charge in [0.05, 0.1) is 17.8 Å². The molecule has 3 rings (SSSR count). The molecule has 5 heteroatoms. The van der Waals surface area contributed by atoms with E-state index in [-0.39, 0.29) is 17.9 Å². The molecule has 0 spiro atoms. The zero-order valence-electron chi connectivity index (χ0n) is 11.6. The van der Waals surface area contributed by atoms with E-state index in [2.05, 4.69) is 4.90 Å². The number of nitrogens with two attached hydrogens (primary N) is 1. The van der Waals surface area contributed by atoms with E-state index < -0.39 is 0 Å². The fraction of sp³-hybridized carbons (Fsp3) is 0.467. The normalized spacial score (nSPS) is 24.3. The molecule has 2 heterocycles. The third-order valence-electron chi connectivity index (χ3n) is 4.27. The van der Waals surface area contributed by atoms with Crippen LogP contribution in [0.1, 0.15) is 34.1 Å². The largest absolute Gasteiger partial charge is 0.328 e. The lowest BCUT2D eigenvalue weighted by Crippen LogP contribution is -2.41. The summed E-state index contributed by atoms with van der Waals surface area (Å²) in [6.45, 7) is 4.12. The van der Waals surface area contributed by atoms with Gasteiger partial charge in [-0.15, -0.1) is 0 Å². The van der Waals surface area contributed by atoms with Crippen molar-refractivity contribution in [1.29, 1.82) is 0 Å². The van der Waals surface area contributed by atoms with Crippen LogP contribution >= 0.6 is 0 Å². The monoisotopic (exact) mass is 273 g/mol. The molecule has 106 valence electrons. The summed E-state index contributed by atoms with van der Waals surface area (Å²) in [5.74, 6) is 0.0786. The highest BCUT2D eigenvalue weighted by Gasteiger charge is 2.37. The number of likely N-dealkylation sites (tertiary alicyclic amines) is 1. The van der Waals surface area contributed by atoms with Crippen LogP contribution in [0.4, 0.5) is 0 Å². The molecule has 2 aliphatic heterocycles. The fourth-order valence-corrected chi connectivity index (χ4v) is 2.99. The molecule has 2 N–H and O–H groups in total. The third-order valence-corrected chi connectivity index (χ3v) is 4.27. The van der Waals surface area contributed by atoms with Crippen LogP contribution in [0, 0.1) is 5.92 Å². The minimum absolute atomic E-state index is 0.155. The van der Waals surface area contributed by atoms with Gasteiger partial charge in [-0.05, 0) is 31.4 Å². The molecule has 1 aromatic carbocycles. The van der Waals surface area contributed by atoms with E-state index >= 15 is 0 Å². The van der Waals surface area contributed by atoms with Gasteiger partial charge in [0.1, 0.15) is 0 Å². The van der Waals surface area contributed by atoms with Crippen LogP contribution in [-0.2, 0) is 0 Å². The van der Waals surface area contributed by atoms with Crippen molar-refractivity contribution >= 4 is 11.8 Å². The minimum Gasteiger partial charge on any atom is -0.328 e. The van der Waals surface area contributed by atoms with E-state index in [1.165, 1.54) is 4.90 Å². The van der Waals surface area contributed by atoms with Crippen LogP contribution < -0.4 is 5.73 Å². The molecule has 2 unspecified atom stereocenters. The summed E-state index contributed by atoms with van der Waals surface area (Å²) in [7, 11) is 0. The Bertz CT molecular complexity index is 521. The topological polar surface area (TPSA) is 66.6 Å². The number of benzene rings is 1. The van der Waals surface area contributed by atoms with E-state index in [1.807, 2.05) is 6.92 Å². The average Bonchev–Trinajstić information content (AvgIpc) is 3.00. The van der Waals surface area contributed by atoms with Gasteiger partial charge in [-0.3, -0.25) is 19.4 Å². The van der Waals surface area contributed by atoms with Gasteiger partial charge in [-0.25, -0.2) is 0 Å². The number of hydrogen-bond donors (Lipinski definition) is 1. The molecule has 2 atom stereocenters. The number of carbonyl (C=O) groups is 2. The van der Waals surface area contributed by atoms with Gasteiger partial charge in [0.25, 0.3) is 11.8 Å². The zero-order chi connectivity index (χ0) is 14.3. The maximum absolute atomic E-state index is 12.3. The summed E-state index contributed by atoms with van der Waals surface area (Å²) in [6, 6.07) is 7.15. The first-order valence-electron chi connectivity index (χ1n) is 7.01. The lowest BCUT2D eigenvalue weighted by molar-refractivity contribution is 0.0560. The highest BCUT2D eigenvalue weighted by molar-refractivity contribution is 6.21. The van der Waals surface area contributed by atoms with Crippen molar-refractivity contribution < 1.29 is 9.59 Å². The van der Waals surface area contributed by atoms with E-state index in [0.717, 1.165) is 19.5 Å². The summed E-state index contributed by atoms with van der Waals surface area (Å²) < 4.78 is 0. The molecule has 0 radical (unpaired) electrons. The minimum atomic E-state index is -0.185. The molecule has 2 aliphatic rings. The molecule has 1 aromatic rings. The second-order valence-electron chi connectivity index (χ2n) is 5.71. The highest BCUT2D eigenvalue weighted by atomic mass is 16.2. The van der Waals surface area contributed by atoms with E-state index in [0.29, 0.717) is 23.7 Å². The van der Waals surface area contributed by atoms with E-state index in [1.54, 1.807) is 24.3 Å². The molecule has 20 heavy (non-hydrogen) atoms. The predicted octanol–water partition coefficient (Wildman–Crippen LogP) is 0.909. The number of imide groups is 1. The predicted molar refractivity (Wildman–Crippen MR) is 75.1 cm³/mol. The summed E-state index contributed by atoms with van der Waals surface area (Å²) in [6.07, 6.45) is 1.03. The summed E-state index contributed by atoms with van der Waals surface area (Å²) in [4.78, 5) is 28.0. The number of hydrogen-bond acceptors (Lipinski definition) is 4. The molecule has 0 saturated carbocycles. The molecule has 0 aliphatic carbocycles. The number of fused-ring (bicyclic) bond motifs is 1. The molecular formula is C15H19N3O2. The second-order valence-corrected chi connectivity index (χ2v) is 5.71. The first-order valence-corrected chi connectivity index (χ1v) is 7.01. The summed E-state index contributed by atoms with van der Waals surface area (Å²) in [5.41, 5.74) is 6.95. The summed E-state index contributed by atoms with van der Waals surface area (Å²) in [5, 5.41) is 0. The van der Waals surface area contributed by atoms with Crippen LogP contribution in [-0.4, -0.2) is 47.4 Å². The van der Waals surface area contributed by atoms with Gasteiger partial charge >= 0.3 is 0 Å². The molecule has 1 fully saturated rings. The average molecular weight is 273 g/mol. The molecule has 0 bridgehead atoms. The van der Waals surface area contributed by atoms with Crippen LogP contribution in [0.5, 0.6) is 0 Å². The number of amides is 2. The quantitative estimate of drug-likeness (QED) is 0.831. The number of nitrogens with zero attached hydrogens (tertiary/aromatic N) is 2. The van der Waals surface area contributed by atoms with Crippen molar-refractivity contribution in [1.82, 2.24) is 9.80 Å². The Kier molecular flexibility index (Phi) is 3.31. The fourth-order valence-electron chi connectivity index (χ4n) is 2.99. The molecule has 5 nitrogen and oxygen atoms in total. The van der Waals surface area contributed by atoms with Gasteiger partial charge in [-0.1, -0.05) is 12.1 Å². The first-order chi connectivity index (χ1) is 9.58. The number of rotatable bonds is 3. The Balaban J connectivity index is 1.72. The molecule has 1 saturated heterocycles. The SMILES string of the molecule is CC(N)C1CCN(CN2C(=O)c3ccccc3C2=O)C1. The third kappa shape index (κ3) is 2.13. The Labute approximate surface area is 118 Å². The Morgan fingerprint density at radius 2 is 1.85 bits per heavy atom. The van der Waals surface area contributed by atoms with Crippen molar-refractivity contribution in [2.24, 2.45) is 11.7 Å². The summed E-state index contributed by atoms with van der Waals surface area (Å²) >= 11 is 0.